The van der Waals surface area contributed by atoms with E-state index in [-0.39, 0.29) is 13.0 Å². The number of ether oxygens (including phenoxy) is 1. The molecule has 0 saturated heterocycles. The van der Waals surface area contributed by atoms with Gasteiger partial charge in [-0.1, -0.05) is 103 Å². The van der Waals surface area contributed by atoms with Crippen LogP contribution < -0.4 is 5.32 Å². The van der Waals surface area contributed by atoms with Gasteiger partial charge in [0.1, 0.15) is 0 Å². The first kappa shape index (κ1) is 26.2. The summed E-state index contributed by atoms with van der Waals surface area (Å²) >= 11 is 0. The molecule has 0 unspecified atom stereocenters. The van der Waals surface area contributed by atoms with E-state index >= 15 is 0 Å². The van der Waals surface area contributed by atoms with E-state index in [0.29, 0.717) is 6.54 Å². The summed E-state index contributed by atoms with van der Waals surface area (Å²) in [7, 11) is 0. The Morgan fingerprint density at radius 1 is 0.741 bits per heavy atom. The van der Waals surface area contributed by atoms with Crippen LogP contribution in [0.25, 0.3) is 0 Å². The van der Waals surface area contributed by atoms with Crippen molar-refractivity contribution in [3.8, 4) is 0 Å². The lowest BCUT2D eigenvalue weighted by molar-refractivity contribution is -0.0547. The minimum Gasteiger partial charge on any atom is -0.449 e. The maximum Gasteiger partial charge on any atom is 0.407 e. The zero-order chi connectivity index (χ0) is 20.0. The number of rotatable bonds is 20. The van der Waals surface area contributed by atoms with Crippen molar-refractivity contribution >= 4 is 6.09 Å². The zero-order valence-corrected chi connectivity index (χ0v) is 17.7. The molecule has 0 heterocycles. The molecule has 0 rings (SSSR count). The Balaban J connectivity index is 3.09. The van der Waals surface area contributed by atoms with Crippen molar-refractivity contribution in [3.63, 3.8) is 0 Å². The maximum atomic E-state index is 11.3. The summed E-state index contributed by atoms with van der Waals surface area (Å²) in [5.41, 5.74) is 0. The first-order chi connectivity index (χ1) is 13.2. The standard InChI is InChI=1S/C22H45NO4/c1-2-3-4-5-6-7-8-9-10-11-12-13-14-15-16-17-19-23-22(26)27-20-18-21(24)25/h21,24-25H,2-20H2,1H3,(H,23,26). The van der Waals surface area contributed by atoms with Crippen LogP contribution in [0.1, 0.15) is 116 Å². The van der Waals surface area contributed by atoms with Crippen LogP contribution in [0.3, 0.4) is 0 Å². The molecule has 0 aromatic rings. The van der Waals surface area contributed by atoms with Gasteiger partial charge < -0.3 is 20.3 Å². The molecule has 0 bridgehead atoms. The summed E-state index contributed by atoms with van der Waals surface area (Å²) in [6.45, 7) is 2.92. The number of unbranched alkanes of at least 4 members (excludes halogenated alkanes) is 15. The van der Waals surface area contributed by atoms with E-state index in [1.54, 1.807) is 0 Å². The quantitative estimate of drug-likeness (QED) is 0.186. The molecule has 0 spiro atoms. The second-order valence-electron chi connectivity index (χ2n) is 7.64. The molecule has 3 N–H and O–H groups in total. The van der Waals surface area contributed by atoms with E-state index in [1.165, 1.54) is 89.9 Å². The van der Waals surface area contributed by atoms with Gasteiger partial charge in [-0.2, -0.15) is 0 Å². The fraction of sp³-hybridized carbons (Fsp3) is 0.955. The Hall–Kier alpha value is -0.810. The van der Waals surface area contributed by atoms with Crippen LogP contribution in [-0.4, -0.2) is 35.7 Å². The van der Waals surface area contributed by atoms with Crippen LogP contribution in [0, 0.1) is 0 Å². The molecule has 0 atom stereocenters. The van der Waals surface area contributed by atoms with Crippen LogP contribution in [0.15, 0.2) is 0 Å². The largest absolute Gasteiger partial charge is 0.449 e. The topological polar surface area (TPSA) is 78.8 Å². The lowest BCUT2D eigenvalue weighted by Crippen LogP contribution is -2.26. The zero-order valence-electron chi connectivity index (χ0n) is 17.7. The number of amides is 1. The molecule has 0 aliphatic rings. The van der Waals surface area contributed by atoms with E-state index in [9.17, 15) is 4.79 Å². The predicted octanol–water partition coefficient (Wildman–Crippen LogP) is 5.67. The molecule has 27 heavy (non-hydrogen) atoms. The van der Waals surface area contributed by atoms with Gasteiger partial charge in [-0.15, -0.1) is 0 Å². The highest BCUT2D eigenvalue weighted by molar-refractivity contribution is 5.66. The second kappa shape index (κ2) is 21.5. The molecule has 0 radical (unpaired) electrons. The van der Waals surface area contributed by atoms with Crippen molar-refractivity contribution in [1.29, 1.82) is 0 Å². The first-order valence-corrected chi connectivity index (χ1v) is 11.4. The number of aliphatic hydroxyl groups is 2. The summed E-state index contributed by atoms with van der Waals surface area (Å²) in [5, 5.41) is 20.0. The van der Waals surface area contributed by atoms with Gasteiger partial charge in [0.25, 0.3) is 0 Å². The Labute approximate surface area is 167 Å². The summed E-state index contributed by atoms with van der Waals surface area (Å²) in [6, 6.07) is 0. The van der Waals surface area contributed by atoms with Crippen LogP contribution in [-0.2, 0) is 4.74 Å². The summed E-state index contributed by atoms with van der Waals surface area (Å²) in [4.78, 5) is 11.3. The molecule has 162 valence electrons. The lowest BCUT2D eigenvalue weighted by Gasteiger charge is -2.07. The van der Waals surface area contributed by atoms with Crippen LogP contribution >= 0.6 is 0 Å². The van der Waals surface area contributed by atoms with Gasteiger partial charge in [0.2, 0.25) is 0 Å². The van der Waals surface area contributed by atoms with Crippen LogP contribution in [0.5, 0.6) is 0 Å². The van der Waals surface area contributed by atoms with Crippen molar-refractivity contribution in [2.75, 3.05) is 13.2 Å². The van der Waals surface area contributed by atoms with E-state index in [4.69, 9.17) is 14.9 Å². The van der Waals surface area contributed by atoms with Crippen LogP contribution in [0.2, 0.25) is 0 Å². The van der Waals surface area contributed by atoms with Crippen LogP contribution in [0.4, 0.5) is 4.79 Å². The highest BCUT2D eigenvalue weighted by Crippen LogP contribution is 2.13. The Bertz CT molecular complexity index is 311. The highest BCUT2D eigenvalue weighted by Gasteiger charge is 2.03. The summed E-state index contributed by atoms with van der Waals surface area (Å²) in [6.07, 6.45) is 19.5. The third-order valence-corrected chi connectivity index (χ3v) is 4.91. The predicted molar refractivity (Wildman–Crippen MR) is 112 cm³/mol. The van der Waals surface area contributed by atoms with Gasteiger partial charge in [-0.05, 0) is 6.42 Å². The third-order valence-electron chi connectivity index (χ3n) is 4.91. The second-order valence-corrected chi connectivity index (χ2v) is 7.64. The molecule has 0 saturated carbocycles. The van der Waals surface area contributed by atoms with E-state index < -0.39 is 12.4 Å². The molecule has 1 amide bonds. The van der Waals surface area contributed by atoms with Gasteiger partial charge in [0, 0.05) is 13.0 Å². The fourth-order valence-electron chi connectivity index (χ4n) is 3.17. The number of carbonyl (C=O) groups is 1. The van der Waals surface area contributed by atoms with E-state index in [2.05, 4.69) is 12.2 Å². The minimum absolute atomic E-state index is 0.0302. The molecule has 5 heteroatoms. The molecule has 5 nitrogen and oxygen atoms in total. The third kappa shape index (κ3) is 23.2. The van der Waals surface area contributed by atoms with Crippen molar-refractivity contribution < 1.29 is 19.7 Å². The van der Waals surface area contributed by atoms with Gasteiger partial charge >= 0.3 is 6.09 Å². The first-order valence-electron chi connectivity index (χ1n) is 11.4. The SMILES string of the molecule is CCCCCCCCCCCCCCCCCCNC(=O)OCCC(O)O. The number of hydrogen-bond donors (Lipinski definition) is 3. The Kier molecular flexibility index (Phi) is 20.8. The van der Waals surface area contributed by atoms with Gasteiger partial charge in [0.15, 0.2) is 6.29 Å². The van der Waals surface area contributed by atoms with Crippen molar-refractivity contribution in [3.05, 3.63) is 0 Å². The number of hydrogen-bond acceptors (Lipinski definition) is 4. The molecule has 0 fully saturated rings. The van der Waals surface area contributed by atoms with E-state index in [0.717, 1.165) is 12.8 Å². The number of alkyl carbamates (subject to hydrolysis) is 1. The van der Waals surface area contributed by atoms with Gasteiger partial charge in [-0.3, -0.25) is 0 Å². The minimum atomic E-state index is -1.42. The fourth-order valence-corrected chi connectivity index (χ4v) is 3.17. The van der Waals surface area contributed by atoms with E-state index in [1.807, 2.05) is 0 Å². The average molecular weight is 388 g/mol. The summed E-state index contributed by atoms with van der Waals surface area (Å²) in [5.74, 6) is 0. The molecular formula is C22H45NO4. The highest BCUT2D eigenvalue weighted by atomic mass is 16.6. The van der Waals surface area contributed by atoms with Crippen molar-refractivity contribution in [1.82, 2.24) is 5.32 Å². The van der Waals surface area contributed by atoms with Gasteiger partial charge in [0.05, 0.1) is 6.61 Å². The number of aliphatic hydroxyl groups excluding tert-OH is 1. The van der Waals surface area contributed by atoms with Gasteiger partial charge in [-0.25, -0.2) is 4.79 Å². The molecular weight excluding hydrogens is 342 g/mol. The molecule has 0 aromatic carbocycles. The maximum absolute atomic E-state index is 11.3. The normalized spacial score (nSPS) is 11.1. The molecule has 0 aliphatic heterocycles. The smallest absolute Gasteiger partial charge is 0.407 e. The number of carbonyl (C=O) groups excluding carboxylic acids is 1. The lowest BCUT2D eigenvalue weighted by atomic mass is 10.0. The Morgan fingerprint density at radius 2 is 1.15 bits per heavy atom. The molecule has 0 aromatic heterocycles. The average Bonchev–Trinajstić information content (AvgIpc) is 2.64. The van der Waals surface area contributed by atoms with Crippen molar-refractivity contribution in [2.45, 2.75) is 122 Å². The number of nitrogens with one attached hydrogen (secondary N) is 1. The molecule has 0 aliphatic carbocycles. The summed E-state index contributed by atoms with van der Waals surface area (Å²) < 4.78 is 4.81. The monoisotopic (exact) mass is 387 g/mol. The van der Waals surface area contributed by atoms with Crippen molar-refractivity contribution in [2.24, 2.45) is 0 Å². The Morgan fingerprint density at radius 3 is 1.56 bits per heavy atom.